The summed E-state index contributed by atoms with van der Waals surface area (Å²) in [7, 11) is 1.99. The monoisotopic (exact) mass is 352 g/mol. The van der Waals surface area contributed by atoms with Gasteiger partial charge in [0.15, 0.2) is 0 Å². The maximum Gasteiger partial charge on any atom is 0.255 e. The molecule has 1 aliphatic heterocycles. The fourth-order valence-corrected chi connectivity index (χ4v) is 3.19. The van der Waals surface area contributed by atoms with E-state index in [2.05, 4.69) is 4.90 Å². The van der Waals surface area contributed by atoms with Gasteiger partial charge in [-0.15, -0.1) is 0 Å². The smallest absolute Gasteiger partial charge is 0.255 e. The van der Waals surface area contributed by atoms with E-state index in [1.54, 1.807) is 4.90 Å². The van der Waals surface area contributed by atoms with Crippen LogP contribution in [0.2, 0.25) is 10.0 Å². The highest BCUT2D eigenvalue weighted by molar-refractivity contribution is 6.36. The molecule has 2 aromatic carbocycles. The summed E-state index contributed by atoms with van der Waals surface area (Å²) in [5.41, 5.74) is 2.28. The van der Waals surface area contributed by atoms with Crippen molar-refractivity contribution >= 4 is 34.8 Å². The van der Waals surface area contributed by atoms with Crippen LogP contribution in [0.4, 0.5) is 10.1 Å². The van der Waals surface area contributed by atoms with Gasteiger partial charge in [0.1, 0.15) is 5.82 Å². The number of rotatable bonds is 1. The number of carbonyl (C=O) groups excluding carboxylic acids is 1. The van der Waals surface area contributed by atoms with Crippen LogP contribution in [-0.4, -0.2) is 30.9 Å². The van der Waals surface area contributed by atoms with Gasteiger partial charge in [-0.2, -0.15) is 0 Å². The first-order valence-electron chi connectivity index (χ1n) is 7.20. The van der Waals surface area contributed by atoms with E-state index in [0.717, 1.165) is 17.3 Å². The quantitative estimate of drug-likeness (QED) is 0.717. The van der Waals surface area contributed by atoms with E-state index in [1.807, 2.05) is 31.3 Å². The second-order valence-electron chi connectivity index (χ2n) is 5.52. The summed E-state index contributed by atoms with van der Waals surface area (Å²) < 4.78 is 13.7. The van der Waals surface area contributed by atoms with Crippen molar-refractivity contribution in [2.75, 3.05) is 25.0 Å². The van der Waals surface area contributed by atoms with Crippen molar-refractivity contribution in [2.45, 2.75) is 6.54 Å². The van der Waals surface area contributed by atoms with Gasteiger partial charge in [0.2, 0.25) is 0 Å². The topological polar surface area (TPSA) is 23.6 Å². The summed E-state index contributed by atoms with van der Waals surface area (Å²) in [6.45, 7) is 1.68. The van der Waals surface area contributed by atoms with Gasteiger partial charge in [-0.25, -0.2) is 4.39 Å². The number of benzene rings is 2. The standard InChI is InChI=1S/C17H15Cl2FN2O/c1-21-6-7-22(10-11-4-2-3-5-16(11)21)17(23)12-8-15(20)14(19)9-13(12)18/h2-5,8-9H,6-7,10H2,1H3. The number of para-hydroxylation sites is 1. The van der Waals surface area contributed by atoms with E-state index in [0.29, 0.717) is 19.6 Å². The van der Waals surface area contributed by atoms with Gasteiger partial charge in [0.25, 0.3) is 5.91 Å². The summed E-state index contributed by atoms with van der Waals surface area (Å²) in [6, 6.07) is 10.3. The SMILES string of the molecule is CN1CCN(C(=O)c2cc(F)c(Cl)cc2Cl)Cc2ccccc21. The highest BCUT2D eigenvalue weighted by atomic mass is 35.5. The number of hydrogen-bond donors (Lipinski definition) is 0. The molecule has 6 heteroatoms. The Hall–Kier alpha value is -1.78. The van der Waals surface area contributed by atoms with Crippen molar-refractivity contribution in [3.8, 4) is 0 Å². The molecule has 23 heavy (non-hydrogen) atoms. The number of likely N-dealkylation sites (N-methyl/N-ethyl adjacent to an activating group) is 1. The largest absolute Gasteiger partial charge is 0.373 e. The first-order chi connectivity index (χ1) is 11.0. The second-order valence-corrected chi connectivity index (χ2v) is 6.34. The van der Waals surface area contributed by atoms with Crippen molar-refractivity contribution in [1.82, 2.24) is 4.90 Å². The Kier molecular flexibility index (Phi) is 4.46. The predicted molar refractivity (Wildman–Crippen MR) is 90.9 cm³/mol. The predicted octanol–water partition coefficient (Wildman–Crippen LogP) is 4.22. The highest BCUT2D eigenvalue weighted by Crippen LogP contribution is 2.28. The Bertz CT molecular complexity index is 766. The normalized spacial score (nSPS) is 14.4. The summed E-state index contributed by atoms with van der Waals surface area (Å²) >= 11 is 11.8. The molecule has 0 saturated carbocycles. The van der Waals surface area contributed by atoms with Crippen molar-refractivity contribution in [1.29, 1.82) is 0 Å². The van der Waals surface area contributed by atoms with Gasteiger partial charge < -0.3 is 9.80 Å². The van der Waals surface area contributed by atoms with Crippen LogP contribution in [0.15, 0.2) is 36.4 Å². The molecule has 0 saturated heterocycles. The van der Waals surface area contributed by atoms with Crippen LogP contribution in [0, 0.1) is 5.82 Å². The lowest BCUT2D eigenvalue weighted by Crippen LogP contribution is -2.34. The molecule has 0 radical (unpaired) electrons. The molecule has 0 unspecified atom stereocenters. The molecule has 2 aromatic rings. The van der Waals surface area contributed by atoms with Crippen LogP contribution in [-0.2, 0) is 6.54 Å². The summed E-state index contributed by atoms with van der Waals surface area (Å²) in [6.07, 6.45) is 0. The Labute approximate surface area is 144 Å². The highest BCUT2D eigenvalue weighted by Gasteiger charge is 2.24. The summed E-state index contributed by atoms with van der Waals surface area (Å²) in [5, 5.41) is 0.0692. The molecular formula is C17H15Cl2FN2O. The molecule has 0 N–H and O–H groups in total. The number of fused-ring (bicyclic) bond motifs is 1. The molecule has 0 atom stereocenters. The summed E-state index contributed by atoms with van der Waals surface area (Å²) in [4.78, 5) is 16.5. The van der Waals surface area contributed by atoms with E-state index < -0.39 is 5.82 Å². The molecule has 0 aromatic heterocycles. The number of nitrogens with zero attached hydrogens (tertiary/aromatic N) is 2. The molecular weight excluding hydrogens is 338 g/mol. The third kappa shape index (κ3) is 3.14. The van der Waals surface area contributed by atoms with Crippen LogP contribution in [0.3, 0.4) is 0 Å². The van der Waals surface area contributed by atoms with Crippen LogP contribution in [0.25, 0.3) is 0 Å². The van der Waals surface area contributed by atoms with Crippen LogP contribution in [0.5, 0.6) is 0 Å². The zero-order valence-corrected chi connectivity index (χ0v) is 14.0. The van der Waals surface area contributed by atoms with E-state index in [-0.39, 0.29) is 21.5 Å². The number of halogens is 3. The minimum Gasteiger partial charge on any atom is -0.373 e. The third-order valence-electron chi connectivity index (χ3n) is 4.00. The van der Waals surface area contributed by atoms with E-state index in [1.165, 1.54) is 6.07 Å². The Morgan fingerprint density at radius 2 is 1.87 bits per heavy atom. The molecule has 0 spiro atoms. The molecule has 120 valence electrons. The third-order valence-corrected chi connectivity index (χ3v) is 4.60. The minimum atomic E-state index is -0.647. The van der Waals surface area contributed by atoms with Gasteiger partial charge in [-0.05, 0) is 23.8 Å². The van der Waals surface area contributed by atoms with Gasteiger partial charge in [-0.3, -0.25) is 4.79 Å². The molecule has 0 fully saturated rings. The Balaban J connectivity index is 1.94. The van der Waals surface area contributed by atoms with E-state index in [4.69, 9.17) is 23.2 Å². The van der Waals surface area contributed by atoms with Crippen molar-refractivity contribution < 1.29 is 9.18 Å². The average Bonchev–Trinajstić information content (AvgIpc) is 2.70. The van der Waals surface area contributed by atoms with E-state index in [9.17, 15) is 9.18 Å². The Morgan fingerprint density at radius 1 is 1.13 bits per heavy atom. The maximum absolute atomic E-state index is 13.7. The lowest BCUT2D eigenvalue weighted by molar-refractivity contribution is 0.0751. The van der Waals surface area contributed by atoms with Gasteiger partial charge >= 0.3 is 0 Å². The van der Waals surface area contributed by atoms with E-state index >= 15 is 0 Å². The Morgan fingerprint density at radius 3 is 2.65 bits per heavy atom. The molecule has 1 heterocycles. The molecule has 1 amide bonds. The second kappa shape index (κ2) is 6.38. The molecule has 1 aliphatic rings. The lowest BCUT2D eigenvalue weighted by atomic mass is 10.1. The van der Waals surface area contributed by atoms with Crippen LogP contribution < -0.4 is 4.90 Å². The number of anilines is 1. The molecule has 3 nitrogen and oxygen atoms in total. The van der Waals surface area contributed by atoms with Crippen molar-refractivity contribution in [3.63, 3.8) is 0 Å². The van der Waals surface area contributed by atoms with Gasteiger partial charge in [0.05, 0.1) is 15.6 Å². The summed E-state index contributed by atoms with van der Waals surface area (Å²) in [5.74, 6) is -0.942. The molecule has 0 aliphatic carbocycles. The van der Waals surface area contributed by atoms with Crippen molar-refractivity contribution in [3.05, 3.63) is 63.4 Å². The zero-order chi connectivity index (χ0) is 16.6. The van der Waals surface area contributed by atoms with Gasteiger partial charge in [0, 0.05) is 32.4 Å². The van der Waals surface area contributed by atoms with Gasteiger partial charge in [-0.1, -0.05) is 41.4 Å². The molecule has 0 bridgehead atoms. The fraction of sp³-hybridized carbons (Fsp3) is 0.235. The number of hydrogen-bond acceptors (Lipinski definition) is 2. The lowest BCUT2D eigenvalue weighted by Gasteiger charge is -2.21. The first-order valence-corrected chi connectivity index (χ1v) is 7.96. The average molecular weight is 353 g/mol. The maximum atomic E-state index is 13.7. The zero-order valence-electron chi connectivity index (χ0n) is 12.5. The van der Waals surface area contributed by atoms with Crippen molar-refractivity contribution in [2.24, 2.45) is 0 Å². The minimum absolute atomic E-state index is 0.0903. The number of carbonyl (C=O) groups is 1. The van der Waals surface area contributed by atoms with Crippen LogP contribution in [0.1, 0.15) is 15.9 Å². The van der Waals surface area contributed by atoms with Crippen LogP contribution >= 0.6 is 23.2 Å². The number of amides is 1. The molecule has 3 rings (SSSR count). The first kappa shape index (κ1) is 16.1. The fourth-order valence-electron chi connectivity index (χ4n) is 2.72.